The summed E-state index contributed by atoms with van der Waals surface area (Å²) in [6.45, 7) is 5.86. The fraction of sp³-hybridized carbons (Fsp3) is 0.296. The van der Waals surface area contributed by atoms with Crippen LogP contribution in [0.5, 0.6) is 11.5 Å². The van der Waals surface area contributed by atoms with E-state index in [2.05, 4.69) is 5.32 Å². The fourth-order valence-electron chi connectivity index (χ4n) is 3.66. The van der Waals surface area contributed by atoms with E-state index in [1.807, 2.05) is 57.2 Å². The van der Waals surface area contributed by atoms with Crippen molar-refractivity contribution in [3.05, 3.63) is 83.9 Å². The maximum absolute atomic E-state index is 13.6. The van der Waals surface area contributed by atoms with Crippen LogP contribution >= 0.6 is 0 Å². The lowest BCUT2D eigenvalue weighted by Crippen LogP contribution is -2.42. The first-order valence-corrected chi connectivity index (χ1v) is 13.0. The maximum atomic E-state index is 13.6. The summed E-state index contributed by atoms with van der Waals surface area (Å²) in [5, 5.41) is 2.98. The van der Waals surface area contributed by atoms with Crippen LogP contribution in [0.2, 0.25) is 0 Å². The Morgan fingerprint density at radius 1 is 0.914 bits per heavy atom. The van der Waals surface area contributed by atoms with Gasteiger partial charge in [-0.15, -0.1) is 0 Å². The molecule has 3 aromatic rings. The predicted molar refractivity (Wildman–Crippen MR) is 137 cm³/mol. The molecule has 0 radical (unpaired) electrons. The minimum absolute atomic E-state index is 0.0801. The topological polar surface area (TPSA) is 84.9 Å². The molecular formula is C27H32N2O5S. The molecule has 3 rings (SSSR count). The van der Waals surface area contributed by atoms with Crippen molar-refractivity contribution in [1.82, 2.24) is 5.32 Å². The highest BCUT2D eigenvalue weighted by Gasteiger charge is 2.28. The number of hydrogen-bond donors (Lipinski definition) is 1. The average molecular weight is 497 g/mol. The first kappa shape index (κ1) is 26.1. The van der Waals surface area contributed by atoms with Crippen LogP contribution in [0.15, 0.2) is 77.7 Å². The number of ether oxygens (including phenoxy) is 2. The first-order chi connectivity index (χ1) is 16.8. The molecule has 0 saturated carbocycles. The van der Waals surface area contributed by atoms with Crippen molar-refractivity contribution in [2.75, 3.05) is 24.6 Å². The van der Waals surface area contributed by atoms with E-state index < -0.39 is 15.9 Å². The molecule has 1 atom stereocenters. The number of nitrogens with zero attached hydrogens (tertiary/aromatic N) is 1. The largest absolute Gasteiger partial charge is 0.497 e. The van der Waals surface area contributed by atoms with E-state index in [9.17, 15) is 13.2 Å². The van der Waals surface area contributed by atoms with Gasteiger partial charge in [0.25, 0.3) is 10.0 Å². The Bertz CT molecular complexity index is 1210. The number of hydrogen-bond acceptors (Lipinski definition) is 5. The van der Waals surface area contributed by atoms with Crippen molar-refractivity contribution in [2.45, 2.75) is 38.1 Å². The molecule has 7 nitrogen and oxygen atoms in total. The quantitative estimate of drug-likeness (QED) is 0.410. The third kappa shape index (κ3) is 6.54. The standard InChI is InChI=1S/C27H32N2O5S/c1-5-26(21-9-13-23(33-4)14-10-21)28-27(30)19-29(22-11-7-20(3)8-12-22)35(31,32)25-17-15-24(16-18-25)34-6-2/h7-18,26H,5-6,19H2,1-4H3,(H,28,30)/t26-/m0/s1. The van der Waals surface area contributed by atoms with Gasteiger partial charge >= 0.3 is 0 Å². The number of nitrogens with one attached hydrogen (secondary N) is 1. The zero-order valence-electron chi connectivity index (χ0n) is 20.5. The monoisotopic (exact) mass is 496 g/mol. The molecule has 0 aliphatic carbocycles. The molecule has 0 saturated heterocycles. The van der Waals surface area contributed by atoms with Gasteiger partial charge < -0.3 is 14.8 Å². The van der Waals surface area contributed by atoms with E-state index >= 15 is 0 Å². The summed E-state index contributed by atoms with van der Waals surface area (Å²) in [6.07, 6.45) is 0.647. The second-order valence-corrected chi connectivity index (χ2v) is 9.92. The number of benzene rings is 3. The van der Waals surface area contributed by atoms with Crippen LogP contribution in [0.4, 0.5) is 5.69 Å². The van der Waals surface area contributed by atoms with Crippen LogP contribution in [-0.2, 0) is 14.8 Å². The van der Waals surface area contributed by atoms with Crippen molar-refractivity contribution in [3.8, 4) is 11.5 Å². The number of amides is 1. The summed E-state index contributed by atoms with van der Waals surface area (Å²) in [7, 11) is -2.41. The second kappa shape index (κ2) is 11.8. The van der Waals surface area contributed by atoms with Crippen LogP contribution in [0, 0.1) is 6.92 Å². The summed E-state index contributed by atoms with van der Waals surface area (Å²) >= 11 is 0. The van der Waals surface area contributed by atoms with Gasteiger partial charge in [0.15, 0.2) is 0 Å². The number of sulfonamides is 1. The molecule has 8 heteroatoms. The van der Waals surface area contributed by atoms with E-state index in [1.54, 1.807) is 31.4 Å². The molecule has 0 aliphatic rings. The van der Waals surface area contributed by atoms with E-state index in [4.69, 9.17) is 9.47 Å². The second-order valence-electron chi connectivity index (χ2n) is 8.05. The number of anilines is 1. The Morgan fingerprint density at radius 3 is 2.06 bits per heavy atom. The lowest BCUT2D eigenvalue weighted by Gasteiger charge is -2.26. The van der Waals surface area contributed by atoms with Gasteiger partial charge in [-0.2, -0.15) is 0 Å². The molecule has 0 unspecified atom stereocenters. The summed E-state index contributed by atoms with van der Waals surface area (Å²) in [5.74, 6) is 0.904. The average Bonchev–Trinajstić information content (AvgIpc) is 2.87. The van der Waals surface area contributed by atoms with Gasteiger partial charge in [0.1, 0.15) is 18.0 Å². The van der Waals surface area contributed by atoms with E-state index in [1.165, 1.54) is 12.1 Å². The van der Waals surface area contributed by atoms with Gasteiger partial charge in [-0.3, -0.25) is 9.10 Å². The molecule has 0 heterocycles. The molecule has 3 aromatic carbocycles. The molecule has 1 amide bonds. The molecule has 0 aliphatic heterocycles. The van der Waals surface area contributed by atoms with Gasteiger partial charge in [-0.1, -0.05) is 36.8 Å². The number of rotatable bonds is 11. The normalized spacial score (nSPS) is 12.0. The Morgan fingerprint density at radius 2 is 1.51 bits per heavy atom. The Kier molecular flexibility index (Phi) is 8.76. The SMILES string of the molecule is CCOc1ccc(S(=O)(=O)N(CC(=O)N[C@@H](CC)c2ccc(OC)cc2)c2ccc(C)cc2)cc1. The molecule has 0 fully saturated rings. The fourth-order valence-corrected chi connectivity index (χ4v) is 5.08. The third-order valence-corrected chi connectivity index (χ3v) is 7.38. The summed E-state index contributed by atoms with van der Waals surface area (Å²) in [6, 6.07) is 20.4. The molecule has 0 aromatic heterocycles. The first-order valence-electron chi connectivity index (χ1n) is 11.5. The predicted octanol–water partition coefficient (Wildman–Crippen LogP) is 4.87. The van der Waals surface area contributed by atoms with Crippen molar-refractivity contribution in [2.24, 2.45) is 0 Å². The van der Waals surface area contributed by atoms with Gasteiger partial charge in [-0.05, 0) is 74.4 Å². The van der Waals surface area contributed by atoms with Crippen LogP contribution < -0.4 is 19.1 Å². The maximum Gasteiger partial charge on any atom is 0.264 e. The van der Waals surface area contributed by atoms with Gasteiger partial charge in [-0.25, -0.2) is 8.42 Å². The van der Waals surface area contributed by atoms with Crippen LogP contribution in [0.25, 0.3) is 0 Å². The van der Waals surface area contributed by atoms with Crippen LogP contribution in [0.3, 0.4) is 0 Å². The van der Waals surface area contributed by atoms with Gasteiger partial charge in [0, 0.05) is 0 Å². The number of carbonyl (C=O) groups is 1. The highest BCUT2D eigenvalue weighted by molar-refractivity contribution is 7.92. The van der Waals surface area contributed by atoms with E-state index in [0.717, 1.165) is 21.2 Å². The lowest BCUT2D eigenvalue weighted by molar-refractivity contribution is -0.120. The van der Waals surface area contributed by atoms with E-state index in [0.29, 0.717) is 24.5 Å². The smallest absolute Gasteiger partial charge is 0.264 e. The third-order valence-electron chi connectivity index (χ3n) is 5.59. The molecule has 0 spiro atoms. The number of methoxy groups -OCH3 is 1. The Balaban J connectivity index is 1.87. The van der Waals surface area contributed by atoms with Crippen molar-refractivity contribution in [1.29, 1.82) is 0 Å². The molecule has 1 N–H and O–H groups in total. The molecule has 35 heavy (non-hydrogen) atoms. The summed E-state index contributed by atoms with van der Waals surface area (Å²) in [5.41, 5.74) is 2.32. The van der Waals surface area contributed by atoms with Crippen LogP contribution in [-0.4, -0.2) is 34.6 Å². The summed E-state index contributed by atoms with van der Waals surface area (Å²) < 4.78 is 39.0. The van der Waals surface area contributed by atoms with Crippen molar-refractivity contribution < 1.29 is 22.7 Å². The zero-order valence-corrected chi connectivity index (χ0v) is 21.3. The minimum Gasteiger partial charge on any atom is -0.497 e. The van der Waals surface area contributed by atoms with Gasteiger partial charge in [0.05, 0.1) is 30.3 Å². The Labute approximate surface area is 207 Å². The molecule has 186 valence electrons. The Hall–Kier alpha value is -3.52. The molecule has 0 bridgehead atoms. The number of aryl methyl sites for hydroxylation is 1. The summed E-state index contributed by atoms with van der Waals surface area (Å²) in [4.78, 5) is 13.2. The highest BCUT2D eigenvalue weighted by Crippen LogP contribution is 2.26. The van der Waals surface area contributed by atoms with Crippen molar-refractivity contribution in [3.63, 3.8) is 0 Å². The van der Waals surface area contributed by atoms with E-state index in [-0.39, 0.29) is 17.5 Å². The lowest BCUT2D eigenvalue weighted by atomic mass is 10.0. The van der Waals surface area contributed by atoms with Crippen molar-refractivity contribution >= 4 is 21.6 Å². The molecular weight excluding hydrogens is 464 g/mol. The highest BCUT2D eigenvalue weighted by atomic mass is 32.2. The number of carbonyl (C=O) groups excluding carboxylic acids is 1. The van der Waals surface area contributed by atoms with Gasteiger partial charge in [0.2, 0.25) is 5.91 Å². The minimum atomic E-state index is -4.01. The van der Waals surface area contributed by atoms with Crippen LogP contribution in [0.1, 0.15) is 37.4 Å². The zero-order chi connectivity index (χ0) is 25.4.